The minimum atomic E-state index is -0.207. The minimum Gasteiger partial charge on any atom is -0.393 e. The van der Waals surface area contributed by atoms with Gasteiger partial charge in [0.25, 0.3) is 0 Å². The highest BCUT2D eigenvalue weighted by Gasteiger charge is 2.45. The first-order chi connectivity index (χ1) is 9.17. The van der Waals surface area contributed by atoms with E-state index in [4.69, 9.17) is 9.47 Å². The van der Waals surface area contributed by atoms with Crippen LogP contribution in [0.4, 0.5) is 0 Å². The van der Waals surface area contributed by atoms with Gasteiger partial charge in [-0.05, 0) is 50.9 Å². The summed E-state index contributed by atoms with van der Waals surface area (Å²) in [5.74, 6) is 0.416. The van der Waals surface area contributed by atoms with Crippen LogP contribution in [0.5, 0.6) is 0 Å². The molecule has 0 bridgehead atoms. The van der Waals surface area contributed by atoms with Gasteiger partial charge in [-0.25, -0.2) is 0 Å². The fourth-order valence-electron chi connectivity index (χ4n) is 4.37. The van der Waals surface area contributed by atoms with Gasteiger partial charge >= 0.3 is 0 Å². The summed E-state index contributed by atoms with van der Waals surface area (Å²) in [6, 6.07) is 0. The number of hydrogen-bond donors (Lipinski definition) is 1. The Labute approximate surface area is 116 Å². The third-order valence-electron chi connectivity index (χ3n) is 5.87. The van der Waals surface area contributed by atoms with Crippen LogP contribution in [0, 0.1) is 5.92 Å². The van der Waals surface area contributed by atoms with Crippen molar-refractivity contribution in [3.63, 3.8) is 0 Å². The van der Waals surface area contributed by atoms with E-state index in [0.717, 1.165) is 38.7 Å². The van der Waals surface area contributed by atoms with Gasteiger partial charge in [-0.15, -0.1) is 0 Å². The molecule has 1 aliphatic heterocycles. The number of aliphatic hydroxyl groups is 1. The lowest BCUT2D eigenvalue weighted by Gasteiger charge is -2.45. The second kappa shape index (κ2) is 5.34. The Morgan fingerprint density at radius 3 is 2.53 bits per heavy atom. The summed E-state index contributed by atoms with van der Waals surface area (Å²) in [6.45, 7) is 0.835. The largest absolute Gasteiger partial charge is 0.393 e. The molecule has 2 saturated carbocycles. The fraction of sp³-hybridized carbons (Fsp3) is 1.00. The molecule has 0 aromatic heterocycles. The van der Waals surface area contributed by atoms with Crippen LogP contribution in [0.2, 0.25) is 0 Å². The molecule has 19 heavy (non-hydrogen) atoms. The smallest absolute Gasteiger partial charge is 0.0703 e. The number of aliphatic hydroxyl groups excluding tert-OH is 1. The Kier molecular flexibility index (Phi) is 3.89. The van der Waals surface area contributed by atoms with Crippen molar-refractivity contribution in [2.75, 3.05) is 13.7 Å². The standard InChI is InChI=1S/C16H28O3/c1-18-15(8-4-9-15)12-14(17)13-5-10-19-16(11-13)6-2-3-7-16/h13-14,17H,2-12H2,1H3. The maximum absolute atomic E-state index is 10.6. The van der Waals surface area contributed by atoms with Crippen molar-refractivity contribution in [2.24, 2.45) is 5.92 Å². The summed E-state index contributed by atoms with van der Waals surface area (Å²) in [4.78, 5) is 0. The number of rotatable bonds is 4. The van der Waals surface area contributed by atoms with E-state index in [2.05, 4.69) is 0 Å². The molecule has 0 aromatic rings. The van der Waals surface area contributed by atoms with E-state index in [9.17, 15) is 5.11 Å². The predicted octanol–water partition coefficient (Wildman–Crippen LogP) is 3.05. The van der Waals surface area contributed by atoms with Gasteiger partial charge in [0.1, 0.15) is 0 Å². The number of ether oxygens (including phenoxy) is 2. The van der Waals surface area contributed by atoms with Crippen LogP contribution in [-0.2, 0) is 9.47 Å². The quantitative estimate of drug-likeness (QED) is 0.851. The summed E-state index contributed by atoms with van der Waals surface area (Å²) in [5, 5.41) is 10.6. The molecule has 1 N–H and O–H groups in total. The zero-order valence-corrected chi connectivity index (χ0v) is 12.2. The first kappa shape index (κ1) is 13.8. The maximum atomic E-state index is 10.6. The molecule has 1 heterocycles. The monoisotopic (exact) mass is 268 g/mol. The van der Waals surface area contributed by atoms with E-state index in [1.807, 2.05) is 0 Å². The molecule has 3 heteroatoms. The summed E-state index contributed by atoms with van der Waals surface area (Å²) in [7, 11) is 1.80. The van der Waals surface area contributed by atoms with Gasteiger partial charge in [0.2, 0.25) is 0 Å². The molecule has 110 valence electrons. The van der Waals surface area contributed by atoms with Gasteiger partial charge in [-0.2, -0.15) is 0 Å². The Morgan fingerprint density at radius 1 is 1.21 bits per heavy atom. The van der Waals surface area contributed by atoms with Crippen molar-refractivity contribution < 1.29 is 14.6 Å². The second-order valence-corrected chi connectivity index (χ2v) is 7.00. The van der Waals surface area contributed by atoms with Crippen molar-refractivity contribution in [3.8, 4) is 0 Å². The van der Waals surface area contributed by atoms with Gasteiger partial charge < -0.3 is 14.6 Å². The number of hydrogen-bond acceptors (Lipinski definition) is 3. The van der Waals surface area contributed by atoms with Gasteiger partial charge in [-0.3, -0.25) is 0 Å². The van der Waals surface area contributed by atoms with E-state index >= 15 is 0 Å². The molecule has 2 aliphatic carbocycles. The number of methoxy groups -OCH3 is 1. The highest BCUT2D eigenvalue weighted by Crippen LogP contribution is 2.45. The molecule has 0 aromatic carbocycles. The van der Waals surface area contributed by atoms with Crippen LogP contribution in [0.3, 0.4) is 0 Å². The average molecular weight is 268 g/mol. The molecule has 2 unspecified atom stereocenters. The molecular formula is C16H28O3. The van der Waals surface area contributed by atoms with E-state index in [-0.39, 0.29) is 17.3 Å². The summed E-state index contributed by atoms with van der Waals surface area (Å²) in [6.07, 6.45) is 11.2. The van der Waals surface area contributed by atoms with Crippen LogP contribution in [0.1, 0.15) is 64.2 Å². The maximum Gasteiger partial charge on any atom is 0.0703 e. The Hall–Kier alpha value is -0.120. The minimum absolute atomic E-state index is 0.0133. The van der Waals surface area contributed by atoms with Crippen molar-refractivity contribution in [2.45, 2.75) is 81.5 Å². The summed E-state index contributed by atoms with van der Waals surface area (Å²) >= 11 is 0. The van der Waals surface area contributed by atoms with E-state index in [1.165, 1.54) is 32.1 Å². The lowest BCUT2D eigenvalue weighted by Crippen LogP contribution is -2.47. The molecule has 0 amide bonds. The van der Waals surface area contributed by atoms with Gasteiger partial charge in [-0.1, -0.05) is 12.8 Å². The van der Waals surface area contributed by atoms with Crippen LogP contribution in [0.15, 0.2) is 0 Å². The zero-order chi connectivity index (χ0) is 13.3. The van der Waals surface area contributed by atoms with Crippen LogP contribution in [0.25, 0.3) is 0 Å². The first-order valence-corrected chi connectivity index (χ1v) is 8.04. The zero-order valence-electron chi connectivity index (χ0n) is 12.2. The Morgan fingerprint density at radius 2 is 1.95 bits per heavy atom. The van der Waals surface area contributed by atoms with Gasteiger partial charge in [0.15, 0.2) is 0 Å². The van der Waals surface area contributed by atoms with Crippen molar-refractivity contribution in [3.05, 3.63) is 0 Å². The lowest BCUT2D eigenvalue weighted by atomic mass is 9.72. The van der Waals surface area contributed by atoms with E-state index in [1.54, 1.807) is 7.11 Å². The summed E-state index contributed by atoms with van der Waals surface area (Å²) in [5.41, 5.74) is 0.101. The summed E-state index contributed by atoms with van der Waals surface area (Å²) < 4.78 is 11.7. The molecule has 3 aliphatic rings. The first-order valence-electron chi connectivity index (χ1n) is 8.04. The van der Waals surface area contributed by atoms with Crippen LogP contribution < -0.4 is 0 Å². The van der Waals surface area contributed by atoms with Crippen molar-refractivity contribution >= 4 is 0 Å². The highest BCUT2D eigenvalue weighted by atomic mass is 16.5. The Bertz CT molecular complexity index is 300. The van der Waals surface area contributed by atoms with Crippen molar-refractivity contribution in [1.29, 1.82) is 0 Å². The molecule has 3 nitrogen and oxygen atoms in total. The SMILES string of the molecule is COC1(CC(O)C2CCOC3(CCCC3)C2)CCC1. The molecule has 1 spiro atoms. The average Bonchev–Trinajstić information content (AvgIpc) is 2.81. The Balaban J connectivity index is 1.58. The third kappa shape index (κ3) is 2.70. The van der Waals surface area contributed by atoms with Crippen LogP contribution in [-0.4, -0.2) is 36.1 Å². The van der Waals surface area contributed by atoms with Gasteiger partial charge in [0, 0.05) is 20.1 Å². The molecule has 2 atom stereocenters. The normalized spacial score (nSPS) is 34.1. The van der Waals surface area contributed by atoms with Gasteiger partial charge in [0.05, 0.1) is 17.3 Å². The predicted molar refractivity (Wildman–Crippen MR) is 74.1 cm³/mol. The third-order valence-corrected chi connectivity index (χ3v) is 5.87. The highest BCUT2D eigenvalue weighted by molar-refractivity contribution is 4.97. The molecular weight excluding hydrogens is 240 g/mol. The fourth-order valence-corrected chi connectivity index (χ4v) is 4.37. The van der Waals surface area contributed by atoms with E-state index < -0.39 is 0 Å². The molecule has 3 rings (SSSR count). The van der Waals surface area contributed by atoms with E-state index in [0.29, 0.717) is 5.92 Å². The van der Waals surface area contributed by atoms with Crippen molar-refractivity contribution in [1.82, 2.24) is 0 Å². The molecule has 3 fully saturated rings. The molecule has 1 saturated heterocycles. The lowest BCUT2D eigenvalue weighted by molar-refractivity contribution is -0.140. The molecule has 0 radical (unpaired) electrons. The van der Waals surface area contributed by atoms with Crippen LogP contribution >= 0.6 is 0 Å². The topological polar surface area (TPSA) is 38.7 Å². The second-order valence-electron chi connectivity index (χ2n) is 7.00.